The third-order valence-electron chi connectivity index (χ3n) is 4.68. The van der Waals surface area contributed by atoms with E-state index in [1.807, 2.05) is 6.92 Å². The van der Waals surface area contributed by atoms with E-state index >= 15 is 0 Å². The van der Waals surface area contributed by atoms with Crippen LogP contribution in [0.15, 0.2) is 11.6 Å². The van der Waals surface area contributed by atoms with Gasteiger partial charge >= 0.3 is 12.4 Å². The molecule has 0 bridgehead atoms. The van der Waals surface area contributed by atoms with E-state index in [0.717, 1.165) is 12.8 Å². The lowest BCUT2D eigenvalue weighted by molar-refractivity contribution is -0.389. The van der Waals surface area contributed by atoms with Crippen molar-refractivity contribution in [3.05, 3.63) is 11.6 Å². The van der Waals surface area contributed by atoms with Gasteiger partial charge < -0.3 is 5.11 Å². The smallest absolute Gasteiger partial charge is 0.373 e. The van der Waals surface area contributed by atoms with Crippen LogP contribution in [0.25, 0.3) is 0 Å². The van der Waals surface area contributed by atoms with Crippen molar-refractivity contribution >= 4 is 5.78 Å². The fourth-order valence-corrected chi connectivity index (χ4v) is 3.25. The SMILES string of the molecule is CCCC/C=C(\C)[C@H]1CC(=O)CC[C@@H]1C(O)(C(F)(F)F)C(F)(F)F. The highest BCUT2D eigenvalue weighted by Crippen LogP contribution is 2.54. The summed E-state index contributed by atoms with van der Waals surface area (Å²) < 4.78 is 78.9. The Morgan fingerprint density at radius 2 is 1.75 bits per heavy atom. The highest BCUT2D eigenvalue weighted by atomic mass is 19.4. The average Bonchev–Trinajstić information content (AvgIpc) is 2.44. The number of halogens is 6. The molecule has 0 unspecified atom stereocenters. The lowest BCUT2D eigenvalue weighted by Crippen LogP contribution is -2.64. The van der Waals surface area contributed by atoms with Crippen LogP contribution < -0.4 is 0 Å². The first-order chi connectivity index (χ1) is 10.9. The quantitative estimate of drug-likeness (QED) is 0.427. The third-order valence-corrected chi connectivity index (χ3v) is 4.68. The van der Waals surface area contributed by atoms with Gasteiger partial charge in [0.15, 0.2) is 0 Å². The van der Waals surface area contributed by atoms with Crippen LogP contribution in [0.3, 0.4) is 0 Å². The molecule has 1 N–H and O–H groups in total. The summed E-state index contributed by atoms with van der Waals surface area (Å²) in [6, 6.07) is 0. The summed E-state index contributed by atoms with van der Waals surface area (Å²) in [5.41, 5.74) is -4.51. The Morgan fingerprint density at radius 1 is 1.21 bits per heavy atom. The Balaban J connectivity index is 3.28. The first-order valence-electron chi connectivity index (χ1n) is 7.90. The van der Waals surface area contributed by atoms with Crippen molar-refractivity contribution in [1.82, 2.24) is 0 Å². The molecule has 24 heavy (non-hydrogen) atoms. The normalized spacial score (nSPS) is 24.4. The molecule has 140 valence electrons. The van der Waals surface area contributed by atoms with Crippen LogP contribution in [0.1, 0.15) is 52.4 Å². The van der Waals surface area contributed by atoms with E-state index in [1.165, 1.54) is 6.92 Å². The molecule has 0 aromatic rings. The molecule has 1 rings (SSSR count). The van der Waals surface area contributed by atoms with Gasteiger partial charge in [-0.2, -0.15) is 26.3 Å². The molecule has 2 nitrogen and oxygen atoms in total. The number of carbonyl (C=O) groups excluding carboxylic acids is 1. The Bertz CT molecular complexity index is 464. The average molecular weight is 360 g/mol. The van der Waals surface area contributed by atoms with Gasteiger partial charge in [0.05, 0.1) is 0 Å². The molecule has 2 atom stereocenters. The second-order valence-corrected chi connectivity index (χ2v) is 6.35. The molecule has 0 saturated heterocycles. The maximum Gasteiger partial charge on any atom is 0.426 e. The number of ketones is 1. The molecule has 1 fully saturated rings. The van der Waals surface area contributed by atoms with E-state index in [2.05, 4.69) is 0 Å². The molecular weight excluding hydrogens is 338 g/mol. The van der Waals surface area contributed by atoms with Gasteiger partial charge in [-0.15, -0.1) is 0 Å². The number of unbranched alkanes of at least 4 members (excludes halogenated alkanes) is 2. The Labute approximate surface area is 136 Å². The largest absolute Gasteiger partial charge is 0.426 e. The summed E-state index contributed by atoms with van der Waals surface area (Å²) >= 11 is 0. The van der Waals surface area contributed by atoms with Crippen molar-refractivity contribution in [1.29, 1.82) is 0 Å². The number of hydrogen-bond acceptors (Lipinski definition) is 2. The van der Waals surface area contributed by atoms with Gasteiger partial charge in [0.1, 0.15) is 5.78 Å². The number of hydrogen-bond donors (Lipinski definition) is 1. The van der Waals surface area contributed by atoms with Gasteiger partial charge in [-0.3, -0.25) is 4.79 Å². The van der Waals surface area contributed by atoms with Crippen LogP contribution in [0.4, 0.5) is 26.3 Å². The van der Waals surface area contributed by atoms with E-state index in [-0.39, 0.29) is 5.78 Å². The monoisotopic (exact) mass is 360 g/mol. The highest BCUT2D eigenvalue weighted by Gasteiger charge is 2.74. The van der Waals surface area contributed by atoms with E-state index in [0.29, 0.717) is 12.0 Å². The number of aliphatic hydroxyl groups is 1. The van der Waals surface area contributed by atoms with Gasteiger partial charge in [-0.1, -0.05) is 31.4 Å². The zero-order chi connectivity index (χ0) is 18.8. The van der Waals surface area contributed by atoms with Crippen LogP contribution in [0.5, 0.6) is 0 Å². The number of allylic oxidation sites excluding steroid dienone is 2. The Hall–Kier alpha value is -1.05. The predicted molar refractivity (Wildman–Crippen MR) is 76.2 cm³/mol. The molecule has 0 aromatic carbocycles. The van der Waals surface area contributed by atoms with Crippen molar-refractivity contribution in [3.8, 4) is 0 Å². The molecule has 8 heteroatoms. The minimum Gasteiger partial charge on any atom is -0.373 e. The predicted octanol–water partition coefficient (Wildman–Crippen LogP) is 4.96. The summed E-state index contributed by atoms with van der Waals surface area (Å²) in [5, 5.41) is 9.70. The van der Waals surface area contributed by atoms with Crippen molar-refractivity contribution in [3.63, 3.8) is 0 Å². The van der Waals surface area contributed by atoms with Gasteiger partial charge in [-0.25, -0.2) is 0 Å². The van der Waals surface area contributed by atoms with E-state index in [4.69, 9.17) is 0 Å². The first kappa shape index (κ1) is 21.0. The van der Waals surface area contributed by atoms with Crippen molar-refractivity contribution in [2.24, 2.45) is 11.8 Å². The molecular formula is C16H22F6O2. The van der Waals surface area contributed by atoms with Crippen LogP contribution in [0.2, 0.25) is 0 Å². The summed E-state index contributed by atoms with van der Waals surface area (Å²) in [5.74, 6) is -3.77. The van der Waals surface area contributed by atoms with Gasteiger partial charge in [-0.05, 0) is 25.7 Å². The summed E-state index contributed by atoms with van der Waals surface area (Å²) in [4.78, 5) is 11.6. The minimum atomic E-state index is -5.86. The number of Topliss-reactive ketones (excluding diaryl/α,β-unsaturated/α-hetero) is 1. The first-order valence-corrected chi connectivity index (χ1v) is 7.90. The molecule has 0 heterocycles. The zero-order valence-electron chi connectivity index (χ0n) is 13.6. The topological polar surface area (TPSA) is 37.3 Å². The van der Waals surface area contributed by atoms with Gasteiger partial charge in [0, 0.05) is 18.8 Å². The molecule has 0 aromatic heterocycles. The number of rotatable bonds is 5. The molecule has 1 saturated carbocycles. The fraction of sp³-hybridized carbons (Fsp3) is 0.812. The molecule has 0 spiro atoms. The van der Waals surface area contributed by atoms with Crippen molar-refractivity contribution in [2.75, 3.05) is 0 Å². The highest BCUT2D eigenvalue weighted by molar-refractivity contribution is 5.80. The summed E-state index contributed by atoms with van der Waals surface area (Å²) in [6.45, 7) is 3.33. The lowest BCUT2D eigenvalue weighted by atomic mass is 9.66. The number of alkyl halides is 6. The minimum absolute atomic E-state index is 0.299. The summed E-state index contributed by atoms with van der Waals surface area (Å²) in [7, 11) is 0. The molecule has 1 aliphatic rings. The number of carbonyl (C=O) groups is 1. The van der Waals surface area contributed by atoms with E-state index in [9.17, 15) is 36.2 Å². The van der Waals surface area contributed by atoms with Crippen molar-refractivity contribution in [2.45, 2.75) is 70.3 Å². The van der Waals surface area contributed by atoms with Gasteiger partial charge in [0.25, 0.3) is 5.60 Å². The van der Waals surface area contributed by atoms with Crippen molar-refractivity contribution < 1.29 is 36.2 Å². The van der Waals surface area contributed by atoms with Gasteiger partial charge in [0.2, 0.25) is 0 Å². The van der Waals surface area contributed by atoms with Crippen LogP contribution >= 0.6 is 0 Å². The van der Waals surface area contributed by atoms with Crippen LogP contribution in [-0.2, 0) is 4.79 Å². The maximum absolute atomic E-state index is 13.2. The van der Waals surface area contributed by atoms with Crippen LogP contribution in [-0.4, -0.2) is 28.8 Å². The standard InChI is InChI=1S/C16H22F6O2/c1-3-4-5-6-10(2)12-9-11(23)7-8-13(12)14(24,15(17,18)19)16(20,21)22/h6,12-13,24H,3-5,7-9H2,1-2H3/b10-6+/t12-,13+/m1/s1. The van der Waals surface area contributed by atoms with E-state index in [1.54, 1.807) is 6.08 Å². The molecule has 1 aliphatic carbocycles. The fourth-order valence-electron chi connectivity index (χ4n) is 3.25. The maximum atomic E-state index is 13.2. The van der Waals surface area contributed by atoms with E-state index < -0.39 is 49.1 Å². The molecule has 0 amide bonds. The summed E-state index contributed by atoms with van der Waals surface area (Å²) in [6.07, 6.45) is -9.51. The lowest BCUT2D eigenvalue weighted by Gasteiger charge is -2.44. The third kappa shape index (κ3) is 4.13. The molecule has 0 aliphatic heterocycles. The zero-order valence-corrected chi connectivity index (χ0v) is 13.6. The molecule has 0 radical (unpaired) electrons. The Morgan fingerprint density at radius 3 is 2.21 bits per heavy atom. The van der Waals surface area contributed by atoms with Crippen LogP contribution in [0, 0.1) is 11.8 Å². The second kappa shape index (κ2) is 7.45. The second-order valence-electron chi connectivity index (χ2n) is 6.35. The Kier molecular flexibility index (Phi) is 6.52.